The van der Waals surface area contributed by atoms with Gasteiger partial charge in [-0.2, -0.15) is 0 Å². The summed E-state index contributed by atoms with van der Waals surface area (Å²) in [5.41, 5.74) is 4.17. The number of anilines is 1. The Morgan fingerprint density at radius 1 is 0.929 bits per heavy atom. The van der Waals surface area contributed by atoms with Gasteiger partial charge in [-0.15, -0.1) is 0 Å². The lowest BCUT2D eigenvalue weighted by molar-refractivity contribution is 0.0704. The zero-order valence-corrected chi connectivity index (χ0v) is 17.5. The van der Waals surface area contributed by atoms with Gasteiger partial charge in [0.05, 0.1) is 11.6 Å². The number of fused-ring (bicyclic) bond motifs is 1. The third-order valence-electron chi connectivity index (χ3n) is 5.36. The average molecular weight is 435 g/mol. The van der Waals surface area contributed by atoms with Crippen LogP contribution in [0.1, 0.15) is 34.5 Å². The van der Waals surface area contributed by atoms with Crippen molar-refractivity contribution in [3.05, 3.63) is 100 Å². The summed E-state index contributed by atoms with van der Waals surface area (Å²) in [7, 11) is 0. The summed E-state index contributed by atoms with van der Waals surface area (Å²) in [6, 6.07) is 26.6. The molecule has 1 aliphatic heterocycles. The summed E-state index contributed by atoms with van der Waals surface area (Å²) in [4.78, 5) is 17.7. The molecule has 0 aromatic heterocycles. The third kappa shape index (κ3) is 3.83. The van der Waals surface area contributed by atoms with Crippen molar-refractivity contribution in [2.45, 2.75) is 19.5 Å². The first-order valence-corrected chi connectivity index (χ1v) is 10.4. The first-order chi connectivity index (χ1) is 13.6. The van der Waals surface area contributed by atoms with Gasteiger partial charge in [0.15, 0.2) is 0 Å². The van der Waals surface area contributed by atoms with E-state index in [-0.39, 0.29) is 11.9 Å². The van der Waals surface area contributed by atoms with E-state index >= 15 is 0 Å². The molecule has 0 fully saturated rings. The van der Waals surface area contributed by atoms with Crippen molar-refractivity contribution >= 4 is 27.5 Å². The highest BCUT2D eigenvalue weighted by molar-refractivity contribution is 9.10. The molecule has 0 aliphatic carbocycles. The summed E-state index contributed by atoms with van der Waals surface area (Å²) in [6.45, 7) is 4.38. The first-order valence-electron chi connectivity index (χ1n) is 9.58. The van der Waals surface area contributed by atoms with Crippen molar-refractivity contribution in [3.8, 4) is 0 Å². The van der Waals surface area contributed by atoms with E-state index < -0.39 is 0 Å². The van der Waals surface area contributed by atoms with Crippen LogP contribution in [0.3, 0.4) is 0 Å². The second-order valence-corrected chi connectivity index (χ2v) is 8.07. The monoisotopic (exact) mass is 434 g/mol. The van der Waals surface area contributed by atoms with E-state index in [1.165, 1.54) is 5.56 Å². The SMILES string of the molecule is CC(c1ccccc1)N1CCN(Cc2cccc(Br)c2)c2ccccc2C1=O. The average Bonchev–Trinajstić information content (AvgIpc) is 2.86. The van der Waals surface area contributed by atoms with Crippen LogP contribution in [-0.2, 0) is 6.54 Å². The number of para-hydroxylation sites is 1. The van der Waals surface area contributed by atoms with E-state index in [1.54, 1.807) is 0 Å². The smallest absolute Gasteiger partial charge is 0.256 e. The molecule has 3 nitrogen and oxygen atoms in total. The van der Waals surface area contributed by atoms with Gasteiger partial charge >= 0.3 is 0 Å². The predicted octanol–water partition coefficient (Wildman–Crippen LogP) is 5.67. The van der Waals surface area contributed by atoms with Crippen molar-refractivity contribution in [2.24, 2.45) is 0 Å². The lowest BCUT2D eigenvalue weighted by Crippen LogP contribution is -2.36. The summed E-state index contributed by atoms with van der Waals surface area (Å²) in [6.07, 6.45) is 0. The zero-order valence-electron chi connectivity index (χ0n) is 15.9. The van der Waals surface area contributed by atoms with Gasteiger partial charge in [-0.05, 0) is 42.3 Å². The molecule has 1 aliphatic rings. The third-order valence-corrected chi connectivity index (χ3v) is 5.85. The topological polar surface area (TPSA) is 23.6 Å². The van der Waals surface area contributed by atoms with Gasteiger partial charge in [-0.1, -0.05) is 70.5 Å². The van der Waals surface area contributed by atoms with Gasteiger partial charge in [-0.25, -0.2) is 0 Å². The van der Waals surface area contributed by atoms with Crippen LogP contribution < -0.4 is 4.90 Å². The number of hydrogen-bond acceptors (Lipinski definition) is 2. The largest absolute Gasteiger partial charge is 0.365 e. The summed E-state index contributed by atoms with van der Waals surface area (Å²) >= 11 is 3.56. The van der Waals surface area contributed by atoms with E-state index in [2.05, 4.69) is 64.2 Å². The van der Waals surface area contributed by atoms with Crippen LogP contribution in [0.25, 0.3) is 0 Å². The molecule has 3 aromatic carbocycles. The highest BCUT2D eigenvalue weighted by atomic mass is 79.9. The number of amides is 1. The van der Waals surface area contributed by atoms with E-state index in [0.29, 0.717) is 6.54 Å². The fourth-order valence-corrected chi connectivity index (χ4v) is 4.28. The highest BCUT2D eigenvalue weighted by Gasteiger charge is 2.29. The fraction of sp³-hybridized carbons (Fsp3) is 0.208. The second-order valence-electron chi connectivity index (χ2n) is 7.15. The quantitative estimate of drug-likeness (QED) is 0.527. The van der Waals surface area contributed by atoms with Crippen LogP contribution in [0.2, 0.25) is 0 Å². The predicted molar refractivity (Wildman–Crippen MR) is 118 cm³/mol. The minimum atomic E-state index is 0.0348. The molecule has 4 heteroatoms. The molecule has 1 unspecified atom stereocenters. The maximum absolute atomic E-state index is 13.4. The fourth-order valence-electron chi connectivity index (χ4n) is 3.84. The lowest BCUT2D eigenvalue weighted by Gasteiger charge is -2.29. The molecule has 0 N–H and O–H groups in total. The zero-order chi connectivity index (χ0) is 19.5. The molecule has 0 spiro atoms. The molecule has 3 aromatic rings. The number of carbonyl (C=O) groups excluding carboxylic acids is 1. The molecule has 1 atom stereocenters. The number of carbonyl (C=O) groups is 1. The minimum Gasteiger partial charge on any atom is -0.365 e. The van der Waals surface area contributed by atoms with Crippen LogP contribution in [0, 0.1) is 0 Å². The second kappa shape index (κ2) is 8.19. The number of halogens is 1. The van der Waals surface area contributed by atoms with E-state index in [9.17, 15) is 4.79 Å². The molecular formula is C24H23BrN2O. The van der Waals surface area contributed by atoms with Crippen LogP contribution in [-0.4, -0.2) is 23.9 Å². The summed E-state index contributed by atoms with van der Waals surface area (Å²) in [5, 5.41) is 0. The van der Waals surface area contributed by atoms with Gasteiger partial charge in [-0.3, -0.25) is 4.79 Å². The Labute approximate surface area is 174 Å². The van der Waals surface area contributed by atoms with Crippen molar-refractivity contribution in [1.29, 1.82) is 0 Å². The van der Waals surface area contributed by atoms with Gasteiger partial charge in [0.2, 0.25) is 0 Å². The Morgan fingerprint density at radius 3 is 2.46 bits per heavy atom. The Balaban J connectivity index is 1.66. The molecule has 0 bridgehead atoms. The van der Waals surface area contributed by atoms with E-state index in [4.69, 9.17) is 0 Å². The van der Waals surface area contributed by atoms with Crippen LogP contribution in [0.15, 0.2) is 83.3 Å². The Hall–Kier alpha value is -2.59. The van der Waals surface area contributed by atoms with Crippen LogP contribution >= 0.6 is 15.9 Å². The molecule has 0 radical (unpaired) electrons. The number of benzene rings is 3. The van der Waals surface area contributed by atoms with Gasteiger partial charge in [0.1, 0.15) is 0 Å². The number of hydrogen-bond donors (Lipinski definition) is 0. The Kier molecular flexibility index (Phi) is 5.49. The van der Waals surface area contributed by atoms with Crippen molar-refractivity contribution in [1.82, 2.24) is 4.90 Å². The lowest BCUT2D eigenvalue weighted by atomic mass is 10.1. The maximum atomic E-state index is 13.4. The number of rotatable bonds is 4. The molecule has 0 saturated carbocycles. The van der Waals surface area contributed by atoms with Crippen molar-refractivity contribution in [3.63, 3.8) is 0 Å². The molecule has 28 heavy (non-hydrogen) atoms. The first kappa shape index (κ1) is 18.8. The summed E-state index contributed by atoms with van der Waals surface area (Å²) in [5.74, 6) is 0.101. The van der Waals surface area contributed by atoms with E-state index in [1.807, 2.05) is 47.4 Å². The maximum Gasteiger partial charge on any atom is 0.256 e. The number of nitrogens with zero attached hydrogens (tertiary/aromatic N) is 2. The highest BCUT2D eigenvalue weighted by Crippen LogP contribution is 2.31. The Bertz CT molecular complexity index is 973. The molecule has 4 rings (SSSR count). The van der Waals surface area contributed by atoms with E-state index in [0.717, 1.165) is 34.4 Å². The molecule has 1 heterocycles. The van der Waals surface area contributed by atoms with Gasteiger partial charge < -0.3 is 9.80 Å². The van der Waals surface area contributed by atoms with Gasteiger partial charge in [0.25, 0.3) is 5.91 Å². The standard InChI is InChI=1S/C24H23BrN2O/c1-18(20-9-3-2-4-10-20)27-15-14-26(17-19-8-7-11-21(25)16-19)23-13-6-5-12-22(23)24(27)28/h2-13,16,18H,14-15,17H2,1H3. The molecular weight excluding hydrogens is 412 g/mol. The van der Waals surface area contributed by atoms with Crippen LogP contribution in [0.4, 0.5) is 5.69 Å². The van der Waals surface area contributed by atoms with Crippen LogP contribution in [0.5, 0.6) is 0 Å². The minimum absolute atomic E-state index is 0.0348. The molecule has 142 valence electrons. The van der Waals surface area contributed by atoms with Crippen molar-refractivity contribution in [2.75, 3.05) is 18.0 Å². The Morgan fingerprint density at radius 2 is 1.68 bits per heavy atom. The molecule has 1 amide bonds. The normalized spacial score (nSPS) is 15.1. The summed E-state index contributed by atoms with van der Waals surface area (Å²) < 4.78 is 1.07. The molecule has 0 saturated heterocycles. The van der Waals surface area contributed by atoms with Crippen molar-refractivity contribution < 1.29 is 4.79 Å². The van der Waals surface area contributed by atoms with Gasteiger partial charge in [0, 0.05) is 29.8 Å².